The molecule has 2 aromatic rings. The maximum Gasteiger partial charge on any atom is 0.240 e. The average molecular weight is 364 g/mol. The molecule has 0 saturated heterocycles. The van der Waals surface area contributed by atoms with E-state index in [-0.39, 0.29) is 17.3 Å². The Morgan fingerprint density at radius 3 is 2.24 bits per heavy atom. The lowest BCUT2D eigenvalue weighted by Gasteiger charge is -2.13. The largest absolute Gasteiger partial charge is 0.497 e. The van der Waals surface area contributed by atoms with Crippen LogP contribution in [0.5, 0.6) is 5.75 Å². The average Bonchev–Trinajstić information content (AvgIpc) is 2.60. The van der Waals surface area contributed by atoms with Crippen molar-refractivity contribution in [3.05, 3.63) is 54.1 Å². The molecule has 0 aliphatic rings. The van der Waals surface area contributed by atoms with E-state index in [2.05, 4.69) is 10.0 Å². The van der Waals surface area contributed by atoms with Gasteiger partial charge in [0.25, 0.3) is 0 Å². The molecule has 2 rings (SSSR count). The second-order valence-corrected chi connectivity index (χ2v) is 7.11. The van der Waals surface area contributed by atoms with E-state index in [0.717, 1.165) is 0 Å². The van der Waals surface area contributed by atoms with Crippen molar-refractivity contribution >= 4 is 21.6 Å². The minimum Gasteiger partial charge on any atom is -0.497 e. The van der Waals surface area contributed by atoms with Crippen molar-refractivity contribution in [3.8, 4) is 5.75 Å². The number of ether oxygens (including phenoxy) is 1. The molecule has 1 unspecified atom stereocenters. The SMILES string of the molecule is COc1ccc(C(O)CNS(=O)(=O)c2ccc(NC(C)=O)cc2)cc1. The molecule has 0 bridgehead atoms. The van der Waals surface area contributed by atoms with Crippen molar-refractivity contribution in [2.24, 2.45) is 0 Å². The quantitative estimate of drug-likeness (QED) is 0.693. The van der Waals surface area contributed by atoms with Crippen LogP contribution < -0.4 is 14.8 Å². The van der Waals surface area contributed by atoms with Gasteiger partial charge in [0, 0.05) is 19.2 Å². The zero-order valence-electron chi connectivity index (χ0n) is 13.9. The molecule has 0 saturated carbocycles. The molecule has 0 aliphatic carbocycles. The highest BCUT2D eigenvalue weighted by molar-refractivity contribution is 7.89. The first-order valence-electron chi connectivity index (χ1n) is 7.51. The lowest BCUT2D eigenvalue weighted by molar-refractivity contribution is -0.114. The maximum atomic E-state index is 12.3. The van der Waals surface area contributed by atoms with Gasteiger partial charge in [0.2, 0.25) is 15.9 Å². The molecule has 8 heteroatoms. The summed E-state index contributed by atoms with van der Waals surface area (Å²) in [6.45, 7) is 1.20. The normalized spacial score (nSPS) is 12.4. The van der Waals surface area contributed by atoms with E-state index in [1.165, 1.54) is 38.3 Å². The fourth-order valence-electron chi connectivity index (χ4n) is 2.14. The first-order valence-corrected chi connectivity index (χ1v) is 8.99. The Hall–Kier alpha value is -2.42. The van der Waals surface area contributed by atoms with Crippen molar-refractivity contribution < 1.29 is 23.1 Å². The number of methoxy groups -OCH3 is 1. The lowest BCUT2D eigenvalue weighted by Crippen LogP contribution is -2.28. The van der Waals surface area contributed by atoms with Gasteiger partial charge in [-0.25, -0.2) is 13.1 Å². The third-order valence-corrected chi connectivity index (χ3v) is 4.89. The number of hydrogen-bond donors (Lipinski definition) is 3. The molecule has 0 aliphatic heterocycles. The van der Waals surface area contributed by atoms with Gasteiger partial charge in [0.05, 0.1) is 18.1 Å². The van der Waals surface area contributed by atoms with Crippen molar-refractivity contribution in [1.29, 1.82) is 0 Å². The summed E-state index contributed by atoms with van der Waals surface area (Å²) in [5.74, 6) is 0.409. The Bertz CT molecular complexity index is 817. The molecule has 134 valence electrons. The lowest BCUT2D eigenvalue weighted by atomic mass is 10.1. The Morgan fingerprint density at radius 2 is 1.72 bits per heavy atom. The maximum absolute atomic E-state index is 12.3. The van der Waals surface area contributed by atoms with Crippen LogP contribution in [0.4, 0.5) is 5.69 Å². The molecular weight excluding hydrogens is 344 g/mol. The Kier molecular flexibility index (Phi) is 6.13. The van der Waals surface area contributed by atoms with Gasteiger partial charge in [-0.15, -0.1) is 0 Å². The van der Waals surface area contributed by atoms with Gasteiger partial charge >= 0.3 is 0 Å². The second-order valence-electron chi connectivity index (χ2n) is 5.35. The van der Waals surface area contributed by atoms with E-state index in [4.69, 9.17) is 4.74 Å². The standard InChI is InChI=1S/C17H20N2O5S/c1-12(20)19-14-5-9-16(10-6-14)25(22,23)18-11-17(21)13-3-7-15(24-2)8-4-13/h3-10,17-18,21H,11H2,1-2H3,(H,19,20). The van der Waals surface area contributed by atoms with Crippen LogP contribution in [0.15, 0.2) is 53.4 Å². The Balaban J connectivity index is 2.01. The van der Waals surface area contributed by atoms with Crippen LogP contribution >= 0.6 is 0 Å². The number of aliphatic hydroxyl groups is 1. The van der Waals surface area contributed by atoms with Crippen molar-refractivity contribution in [3.63, 3.8) is 0 Å². The smallest absolute Gasteiger partial charge is 0.240 e. The zero-order chi connectivity index (χ0) is 18.4. The first-order chi connectivity index (χ1) is 11.8. The van der Waals surface area contributed by atoms with E-state index in [1.807, 2.05) is 0 Å². The summed E-state index contributed by atoms with van der Waals surface area (Å²) >= 11 is 0. The number of rotatable bonds is 7. The molecule has 1 amide bonds. The molecule has 0 spiro atoms. The van der Waals surface area contributed by atoms with Crippen molar-refractivity contribution in [2.45, 2.75) is 17.9 Å². The van der Waals surface area contributed by atoms with Crippen LogP contribution in [-0.2, 0) is 14.8 Å². The van der Waals surface area contributed by atoms with Gasteiger partial charge in [-0.1, -0.05) is 12.1 Å². The summed E-state index contributed by atoms with van der Waals surface area (Å²) in [5, 5.41) is 12.7. The summed E-state index contributed by atoms with van der Waals surface area (Å²) in [5.41, 5.74) is 1.08. The van der Waals surface area contributed by atoms with Gasteiger partial charge < -0.3 is 15.2 Å². The topological polar surface area (TPSA) is 105 Å². The van der Waals surface area contributed by atoms with Gasteiger partial charge in [0.1, 0.15) is 5.75 Å². The van der Waals surface area contributed by atoms with Gasteiger partial charge in [0.15, 0.2) is 0 Å². The fourth-order valence-corrected chi connectivity index (χ4v) is 3.17. The number of nitrogens with one attached hydrogen (secondary N) is 2. The Labute approximate surface area is 146 Å². The third-order valence-electron chi connectivity index (χ3n) is 3.45. The molecule has 0 fully saturated rings. The minimum atomic E-state index is -3.77. The van der Waals surface area contributed by atoms with Gasteiger partial charge in [-0.3, -0.25) is 4.79 Å². The van der Waals surface area contributed by atoms with E-state index < -0.39 is 16.1 Å². The van der Waals surface area contributed by atoms with E-state index in [1.54, 1.807) is 24.3 Å². The van der Waals surface area contributed by atoms with E-state index in [9.17, 15) is 18.3 Å². The Morgan fingerprint density at radius 1 is 1.12 bits per heavy atom. The fraction of sp³-hybridized carbons (Fsp3) is 0.235. The number of hydrogen-bond acceptors (Lipinski definition) is 5. The highest BCUT2D eigenvalue weighted by Crippen LogP contribution is 2.18. The number of carbonyl (C=O) groups excluding carboxylic acids is 1. The van der Waals surface area contributed by atoms with Crippen molar-refractivity contribution in [1.82, 2.24) is 4.72 Å². The summed E-state index contributed by atoms with van der Waals surface area (Å²) in [7, 11) is -2.23. The highest BCUT2D eigenvalue weighted by Gasteiger charge is 2.17. The number of aliphatic hydroxyl groups excluding tert-OH is 1. The summed E-state index contributed by atoms with van der Waals surface area (Å²) in [4.78, 5) is 11.0. The zero-order valence-corrected chi connectivity index (χ0v) is 14.7. The molecule has 0 heterocycles. The molecule has 0 aromatic heterocycles. The van der Waals surface area contributed by atoms with Crippen LogP contribution in [-0.4, -0.2) is 33.1 Å². The van der Waals surface area contributed by atoms with Crippen LogP contribution in [0.25, 0.3) is 0 Å². The van der Waals surface area contributed by atoms with Gasteiger partial charge in [-0.05, 0) is 42.0 Å². The van der Waals surface area contributed by atoms with E-state index >= 15 is 0 Å². The number of amides is 1. The number of benzene rings is 2. The second kappa shape index (κ2) is 8.11. The summed E-state index contributed by atoms with van der Waals surface area (Å²) in [6, 6.07) is 12.5. The number of anilines is 1. The molecule has 25 heavy (non-hydrogen) atoms. The number of sulfonamides is 1. The van der Waals surface area contributed by atoms with Crippen LogP contribution in [0.1, 0.15) is 18.6 Å². The van der Waals surface area contributed by atoms with Crippen LogP contribution in [0.2, 0.25) is 0 Å². The highest BCUT2D eigenvalue weighted by atomic mass is 32.2. The minimum absolute atomic E-state index is 0.0449. The molecule has 1 atom stereocenters. The third kappa shape index (κ3) is 5.28. The molecule has 0 radical (unpaired) electrons. The summed E-state index contributed by atoms with van der Waals surface area (Å²) < 4.78 is 31.9. The van der Waals surface area contributed by atoms with E-state index in [0.29, 0.717) is 17.0 Å². The van der Waals surface area contributed by atoms with Gasteiger partial charge in [-0.2, -0.15) is 0 Å². The molecular formula is C17H20N2O5S. The summed E-state index contributed by atoms with van der Waals surface area (Å²) in [6.07, 6.45) is -0.987. The molecule has 3 N–H and O–H groups in total. The molecule has 7 nitrogen and oxygen atoms in total. The predicted molar refractivity (Wildman–Crippen MR) is 93.9 cm³/mol. The van der Waals surface area contributed by atoms with Crippen LogP contribution in [0, 0.1) is 0 Å². The first kappa shape index (κ1) is 18.9. The van der Waals surface area contributed by atoms with Crippen LogP contribution in [0.3, 0.4) is 0 Å². The monoisotopic (exact) mass is 364 g/mol. The van der Waals surface area contributed by atoms with Crippen molar-refractivity contribution in [2.75, 3.05) is 19.0 Å². The predicted octanol–water partition coefficient (Wildman–Crippen LogP) is 1.67. The number of carbonyl (C=O) groups is 1. The molecule has 2 aromatic carbocycles.